The van der Waals surface area contributed by atoms with E-state index in [2.05, 4.69) is 18.7 Å². The summed E-state index contributed by atoms with van der Waals surface area (Å²) in [5.41, 5.74) is 0. The fourth-order valence-corrected chi connectivity index (χ4v) is 3.02. The molecule has 2 rings (SSSR count). The van der Waals surface area contributed by atoms with Crippen LogP contribution in [0.3, 0.4) is 0 Å². The van der Waals surface area contributed by atoms with Crippen molar-refractivity contribution in [1.82, 2.24) is 4.90 Å². The smallest absolute Gasteiger partial charge is 0.123 e. The average molecular weight is 281 g/mol. The molecular formula is C16H24FNO2. The first-order valence-electron chi connectivity index (χ1n) is 7.31. The maximum absolute atomic E-state index is 12.8. The van der Waals surface area contributed by atoms with Crippen LogP contribution in [0, 0.1) is 17.7 Å². The van der Waals surface area contributed by atoms with Gasteiger partial charge in [0.05, 0.1) is 0 Å². The van der Waals surface area contributed by atoms with Crippen LogP contribution in [0.25, 0.3) is 0 Å². The van der Waals surface area contributed by atoms with Crippen molar-refractivity contribution in [2.24, 2.45) is 11.8 Å². The summed E-state index contributed by atoms with van der Waals surface area (Å²) in [5.74, 6) is 1.67. The second-order valence-corrected chi connectivity index (χ2v) is 6.08. The van der Waals surface area contributed by atoms with E-state index in [1.54, 1.807) is 12.1 Å². The lowest BCUT2D eigenvalue weighted by atomic mass is 9.92. The largest absolute Gasteiger partial charge is 0.491 e. The molecule has 112 valence electrons. The summed E-state index contributed by atoms with van der Waals surface area (Å²) in [6.07, 6.45) is 0.746. The van der Waals surface area contributed by atoms with Crippen LogP contribution in [0.5, 0.6) is 5.75 Å². The van der Waals surface area contributed by atoms with Crippen molar-refractivity contribution in [2.75, 3.05) is 26.2 Å². The second-order valence-electron chi connectivity index (χ2n) is 6.08. The highest BCUT2D eigenvalue weighted by molar-refractivity contribution is 5.22. The van der Waals surface area contributed by atoms with Crippen molar-refractivity contribution in [3.8, 4) is 5.75 Å². The molecule has 1 aromatic rings. The Bertz CT molecular complexity index is 399. The predicted octanol–water partition coefficient (Wildman–Crippen LogP) is 2.54. The Morgan fingerprint density at radius 1 is 1.25 bits per heavy atom. The average Bonchev–Trinajstić information content (AvgIpc) is 2.37. The number of ether oxygens (including phenoxy) is 1. The highest BCUT2D eigenvalue weighted by atomic mass is 19.1. The van der Waals surface area contributed by atoms with E-state index >= 15 is 0 Å². The molecule has 0 bridgehead atoms. The monoisotopic (exact) mass is 281 g/mol. The Morgan fingerprint density at radius 2 is 1.85 bits per heavy atom. The highest BCUT2D eigenvalue weighted by Crippen LogP contribution is 2.21. The zero-order valence-electron chi connectivity index (χ0n) is 12.3. The Kier molecular flexibility index (Phi) is 5.38. The van der Waals surface area contributed by atoms with E-state index in [-0.39, 0.29) is 12.4 Å². The Labute approximate surface area is 120 Å². The van der Waals surface area contributed by atoms with E-state index in [0.29, 0.717) is 24.1 Å². The van der Waals surface area contributed by atoms with Gasteiger partial charge in [0.2, 0.25) is 0 Å². The van der Waals surface area contributed by atoms with Gasteiger partial charge in [0, 0.05) is 19.6 Å². The summed E-state index contributed by atoms with van der Waals surface area (Å²) in [5, 5.41) is 10.0. The molecule has 1 aliphatic rings. The number of likely N-dealkylation sites (tertiary alicyclic amines) is 1. The fourth-order valence-electron chi connectivity index (χ4n) is 3.02. The second kappa shape index (κ2) is 7.04. The van der Waals surface area contributed by atoms with Crippen LogP contribution < -0.4 is 4.74 Å². The molecular weight excluding hydrogens is 257 g/mol. The molecule has 0 unspecified atom stereocenters. The molecule has 1 fully saturated rings. The van der Waals surface area contributed by atoms with E-state index in [4.69, 9.17) is 4.74 Å². The van der Waals surface area contributed by atoms with Crippen LogP contribution >= 0.6 is 0 Å². The van der Waals surface area contributed by atoms with E-state index in [1.165, 1.54) is 18.6 Å². The van der Waals surface area contributed by atoms with Crippen molar-refractivity contribution in [2.45, 2.75) is 26.4 Å². The number of nitrogens with zero attached hydrogens (tertiary/aromatic N) is 1. The number of aliphatic hydroxyl groups excluding tert-OH is 1. The van der Waals surface area contributed by atoms with Crippen molar-refractivity contribution >= 4 is 0 Å². The third kappa shape index (κ3) is 4.76. The van der Waals surface area contributed by atoms with Gasteiger partial charge in [0.1, 0.15) is 24.3 Å². The number of piperidine rings is 1. The summed E-state index contributed by atoms with van der Waals surface area (Å²) in [4.78, 5) is 2.30. The maximum atomic E-state index is 12.8. The van der Waals surface area contributed by atoms with Gasteiger partial charge < -0.3 is 14.7 Å². The summed E-state index contributed by atoms with van der Waals surface area (Å²) in [7, 11) is 0. The van der Waals surface area contributed by atoms with Gasteiger partial charge in [-0.3, -0.25) is 0 Å². The molecule has 1 heterocycles. The minimum absolute atomic E-state index is 0.241. The van der Waals surface area contributed by atoms with Crippen LogP contribution in [0.4, 0.5) is 4.39 Å². The van der Waals surface area contributed by atoms with Crippen LogP contribution in [-0.4, -0.2) is 42.4 Å². The molecule has 3 atom stereocenters. The first-order valence-corrected chi connectivity index (χ1v) is 7.31. The SMILES string of the molecule is C[C@@H]1C[C@H](C)CN(C[C@@H](O)COc2ccc(F)cc2)C1. The third-order valence-corrected chi connectivity index (χ3v) is 3.67. The van der Waals surface area contributed by atoms with E-state index in [0.717, 1.165) is 13.1 Å². The lowest BCUT2D eigenvalue weighted by Gasteiger charge is -2.35. The molecule has 1 N–H and O–H groups in total. The Morgan fingerprint density at radius 3 is 2.45 bits per heavy atom. The summed E-state index contributed by atoms with van der Waals surface area (Å²) >= 11 is 0. The Balaban J connectivity index is 1.74. The molecule has 0 aromatic heterocycles. The molecule has 0 spiro atoms. The van der Waals surface area contributed by atoms with Gasteiger partial charge in [-0.15, -0.1) is 0 Å². The number of hydrogen-bond acceptors (Lipinski definition) is 3. The van der Waals surface area contributed by atoms with Gasteiger partial charge >= 0.3 is 0 Å². The summed E-state index contributed by atoms with van der Waals surface area (Å²) in [6, 6.07) is 5.87. The van der Waals surface area contributed by atoms with Crippen LogP contribution in [-0.2, 0) is 0 Å². The van der Waals surface area contributed by atoms with Crippen molar-refractivity contribution < 1.29 is 14.2 Å². The molecule has 1 saturated heterocycles. The van der Waals surface area contributed by atoms with E-state index < -0.39 is 6.10 Å². The molecule has 0 aliphatic carbocycles. The Hall–Kier alpha value is -1.13. The minimum Gasteiger partial charge on any atom is -0.491 e. The fraction of sp³-hybridized carbons (Fsp3) is 0.625. The number of aliphatic hydroxyl groups is 1. The van der Waals surface area contributed by atoms with Crippen LogP contribution in [0.1, 0.15) is 20.3 Å². The minimum atomic E-state index is -0.516. The number of halogens is 1. The van der Waals surface area contributed by atoms with Crippen molar-refractivity contribution in [3.63, 3.8) is 0 Å². The lowest BCUT2D eigenvalue weighted by molar-refractivity contribution is 0.0429. The molecule has 0 saturated carbocycles. The first-order chi connectivity index (χ1) is 9.52. The standard InChI is InChI=1S/C16H24FNO2/c1-12-7-13(2)9-18(8-12)10-15(19)11-20-16-5-3-14(17)4-6-16/h3-6,12-13,15,19H,7-11H2,1-2H3/t12-,13+,15-/m1/s1. The predicted molar refractivity (Wildman–Crippen MR) is 77.3 cm³/mol. The van der Waals surface area contributed by atoms with Crippen molar-refractivity contribution in [3.05, 3.63) is 30.1 Å². The summed E-state index contributed by atoms with van der Waals surface area (Å²) < 4.78 is 18.2. The lowest BCUT2D eigenvalue weighted by Crippen LogP contribution is -2.43. The normalized spacial score (nSPS) is 25.4. The molecule has 20 heavy (non-hydrogen) atoms. The molecule has 3 nitrogen and oxygen atoms in total. The molecule has 1 aliphatic heterocycles. The number of hydrogen-bond donors (Lipinski definition) is 1. The van der Waals surface area contributed by atoms with Crippen LogP contribution in [0.2, 0.25) is 0 Å². The van der Waals surface area contributed by atoms with Gasteiger partial charge in [-0.25, -0.2) is 4.39 Å². The van der Waals surface area contributed by atoms with Gasteiger partial charge in [-0.1, -0.05) is 13.8 Å². The first kappa shape index (κ1) is 15.3. The van der Waals surface area contributed by atoms with Gasteiger partial charge in [-0.05, 0) is 42.5 Å². The zero-order chi connectivity index (χ0) is 14.5. The van der Waals surface area contributed by atoms with Gasteiger partial charge in [-0.2, -0.15) is 0 Å². The zero-order valence-corrected chi connectivity index (χ0v) is 12.3. The van der Waals surface area contributed by atoms with Crippen LogP contribution in [0.15, 0.2) is 24.3 Å². The molecule has 0 amide bonds. The van der Waals surface area contributed by atoms with E-state index in [1.807, 2.05) is 0 Å². The molecule has 4 heteroatoms. The topological polar surface area (TPSA) is 32.7 Å². The maximum Gasteiger partial charge on any atom is 0.123 e. The van der Waals surface area contributed by atoms with Gasteiger partial charge in [0.25, 0.3) is 0 Å². The molecule has 1 aromatic carbocycles. The van der Waals surface area contributed by atoms with Crippen molar-refractivity contribution in [1.29, 1.82) is 0 Å². The molecule has 0 radical (unpaired) electrons. The quantitative estimate of drug-likeness (QED) is 0.900. The van der Waals surface area contributed by atoms with Gasteiger partial charge in [0.15, 0.2) is 0 Å². The highest BCUT2D eigenvalue weighted by Gasteiger charge is 2.23. The number of β-amino-alcohol motifs (C(OH)–C–C–N with tert-alkyl or cyclic N) is 1. The number of benzene rings is 1. The van der Waals surface area contributed by atoms with E-state index in [9.17, 15) is 9.50 Å². The number of rotatable bonds is 5. The third-order valence-electron chi connectivity index (χ3n) is 3.67. The summed E-state index contributed by atoms with van der Waals surface area (Å²) in [6.45, 7) is 7.46.